The van der Waals surface area contributed by atoms with Crippen LogP contribution >= 0.6 is 0 Å². The van der Waals surface area contributed by atoms with Crippen molar-refractivity contribution < 1.29 is 4.74 Å². The van der Waals surface area contributed by atoms with Gasteiger partial charge in [0.25, 0.3) is 0 Å². The summed E-state index contributed by atoms with van der Waals surface area (Å²) in [6.07, 6.45) is 0.958. The molecule has 0 saturated carbocycles. The molecule has 0 spiro atoms. The smallest absolute Gasteiger partial charge is 0.191 e. The molecule has 1 atom stereocenters. The molecule has 2 aromatic rings. The summed E-state index contributed by atoms with van der Waals surface area (Å²) in [5, 5.41) is 11.1. The summed E-state index contributed by atoms with van der Waals surface area (Å²) in [6.45, 7) is 9.75. The molecule has 0 aliphatic carbocycles. The normalized spacial score (nSPS) is 12.8. The van der Waals surface area contributed by atoms with Gasteiger partial charge in [-0.05, 0) is 57.4 Å². The topological polar surface area (TPSA) is 63.5 Å². The van der Waals surface area contributed by atoms with Crippen molar-refractivity contribution >= 4 is 5.96 Å². The molecule has 0 amide bonds. The fourth-order valence-corrected chi connectivity index (χ4v) is 2.91. The monoisotopic (exact) mass is 357 g/mol. The van der Waals surface area contributed by atoms with E-state index >= 15 is 0 Å². The molecule has 1 unspecified atom stereocenters. The first-order valence-corrected chi connectivity index (χ1v) is 9.07. The number of ether oxygens (including phenoxy) is 1. The Labute approximate surface area is 156 Å². The highest BCUT2D eigenvalue weighted by atomic mass is 16.5. The first-order chi connectivity index (χ1) is 12.4. The Hall–Kier alpha value is -2.50. The van der Waals surface area contributed by atoms with Crippen LogP contribution in [0.1, 0.15) is 29.4 Å². The predicted molar refractivity (Wildman–Crippen MR) is 107 cm³/mol. The molecule has 0 bridgehead atoms. The maximum atomic E-state index is 5.94. The molecule has 0 aliphatic rings. The van der Waals surface area contributed by atoms with Gasteiger partial charge in [0.05, 0.1) is 12.2 Å². The molecule has 2 rings (SSSR count). The fraction of sp³-hybridized carbons (Fsp3) is 0.500. The Morgan fingerprint density at radius 2 is 2.04 bits per heavy atom. The van der Waals surface area contributed by atoms with Crippen molar-refractivity contribution in [2.24, 2.45) is 12.0 Å². The summed E-state index contributed by atoms with van der Waals surface area (Å²) in [7, 11) is 3.76. The van der Waals surface area contributed by atoms with Crippen molar-refractivity contribution in [3.8, 4) is 5.75 Å². The molecule has 2 N–H and O–H groups in total. The fourth-order valence-electron chi connectivity index (χ4n) is 2.91. The second kappa shape index (κ2) is 9.27. The molecule has 1 aromatic heterocycles. The SMILES string of the molecule is CN=C(NCCc1c(C)nn(C)c1C)NCC(C)Oc1cccc(C)c1. The highest BCUT2D eigenvalue weighted by Crippen LogP contribution is 2.14. The quantitative estimate of drug-likeness (QED) is 0.590. The van der Waals surface area contributed by atoms with Gasteiger partial charge in [-0.2, -0.15) is 5.10 Å². The predicted octanol–water partition coefficient (Wildman–Crippen LogP) is 2.52. The molecule has 0 radical (unpaired) electrons. The molecule has 0 saturated heterocycles. The molecule has 6 heteroatoms. The van der Waals surface area contributed by atoms with E-state index in [-0.39, 0.29) is 6.10 Å². The summed E-state index contributed by atoms with van der Waals surface area (Å²) in [5.41, 5.74) is 4.80. The van der Waals surface area contributed by atoms with Gasteiger partial charge in [-0.3, -0.25) is 9.67 Å². The number of rotatable bonds is 7. The molecular formula is C20H31N5O. The largest absolute Gasteiger partial charge is 0.489 e. The van der Waals surface area contributed by atoms with Crippen LogP contribution in [0.2, 0.25) is 0 Å². The van der Waals surface area contributed by atoms with Gasteiger partial charge in [0.2, 0.25) is 0 Å². The van der Waals surface area contributed by atoms with Crippen LogP contribution in [0.15, 0.2) is 29.3 Å². The summed E-state index contributed by atoms with van der Waals surface area (Å²) in [4.78, 5) is 4.28. The van der Waals surface area contributed by atoms with Crippen molar-refractivity contribution in [3.05, 3.63) is 46.8 Å². The third-order valence-electron chi connectivity index (χ3n) is 4.43. The number of aryl methyl sites for hydroxylation is 3. The van der Waals surface area contributed by atoms with Crippen LogP contribution in [-0.2, 0) is 13.5 Å². The van der Waals surface area contributed by atoms with Crippen molar-refractivity contribution in [2.75, 3.05) is 20.1 Å². The van der Waals surface area contributed by atoms with Crippen molar-refractivity contribution in [3.63, 3.8) is 0 Å². The van der Waals surface area contributed by atoms with E-state index in [1.807, 2.05) is 36.9 Å². The lowest BCUT2D eigenvalue weighted by Crippen LogP contribution is -2.42. The van der Waals surface area contributed by atoms with Crippen molar-refractivity contribution in [2.45, 2.75) is 40.2 Å². The first kappa shape index (κ1) is 19.8. The number of hydrogen-bond acceptors (Lipinski definition) is 3. The standard InChI is InChI=1S/C20H31N5O/c1-14-8-7-9-18(12-14)26-15(2)13-23-20(21-5)22-11-10-19-16(3)24-25(6)17(19)4/h7-9,12,15H,10-11,13H2,1-6H3,(H2,21,22,23). The average Bonchev–Trinajstić information content (AvgIpc) is 2.83. The second-order valence-corrected chi connectivity index (χ2v) is 6.65. The number of nitrogens with zero attached hydrogens (tertiary/aromatic N) is 3. The van der Waals surface area contributed by atoms with Crippen LogP contribution in [0.3, 0.4) is 0 Å². The van der Waals surface area contributed by atoms with Crippen LogP contribution in [0.25, 0.3) is 0 Å². The van der Waals surface area contributed by atoms with Gasteiger partial charge in [0.1, 0.15) is 11.9 Å². The Balaban J connectivity index is 1.77. The highest BCUT2D eigenvalue weighted by Gasteiger charge is 2.10. The number of aromatic nitrogens is 2. The van der Waals surface area contributed by atoms with Crippen LogP contribution in [0, 0.1) is 20.8 Å². The van der Waals surface area contributed by atoms with E-state index in [1.165, 1.54) is 16.8 Å². The van der Waals surface area contributed by atoms with E-state index in [0.717, 1.165) is 30.4 Å². The third kappa shape index (κ3) is 5.51. The van der Waals surface area contributed by atoms with Gasteiger partial charge in [0, 0.05) is 26.3 Å². The van der Waals surface area contributed by atoms with E-state index in [1.54, 1.807) is 7.05 Å². The van der Waals surface area contributed by atoms with Gasteiger partial charge < -0.3 is 15.4 Å². The van der Waals surface area contributed by atoms with Gasteiger partial charge in [0.15, 0.2) is 5.96 Å². The van der Waals surface area contributed by atoms with E-state index < -0.39 is 0 Å². The van der Waals surface area contributed by atoms with Gasteiger partial charge in [-0.15, -0.1) is 0 Å². The van der Waals surface area contributed by atoms with Gasteiger partial charge in [-0.1, -0.05) is 12.1 Å². The van der Waals surface area contributed by atoms with Crippen LogP contribution < -0.4 is 15.4 Å². The minimum Gasteiger partial charge on any atom is -0.489 e. The van der Waals surface area contributed by atoms with E-state index in [2.05, 4.69) is 47.6 Å². The number of guanidine groups is 1. The minimum atomic E-state index is 0.0400. The lowest BCUT2D eigenvalue weighted by atomic mass is 10.1. The number of hydrogen-bond donors (Lipinski definition) is 2. The molecule has 1 heterocycles. The van der Waals surface area contributed by atoms with Crippen LogP contribution in [-0.4, -0.2) is 42.0 Å². The molecule has 0 fully saturated rings. The zero-order valence-electron chi connectivity index (χ0n) is 16.8. The Kier molecular flexibility index (Phi) is 7.06. The van der Waals surface area contributed by atoms with Crippen molar-refractivity contribution in [1.29, 1.82) is 0 Å². The van der Waals surface area contributed by atoms with E-state index in [9.17, 15) is 0 Å². The second-order valence-electron chi connectivity index (χ2n) is 6.65. The molecular weight excluding hydrogens is 326 g/mol. The summed E-state index contributed by atoms with van der Waals surface area (Å²) in [6, 6.07) is 8.10. The Morgan fingerprint density at radius 1 is 1.27 bits per heavy atom. The molecule has 1 aromatic carbocycles. The van der Waals surface area contributed by atoms with Crippen LogP contribution in [0.5, 0.6) is 5.75 Å². The average molecular weight is 358 g/mol. The maximum absolute atomic E-state index is 5.94. The maximum Gasteiger partial charge on any atom is 0.191 e. The number of nitrogens with one attached hydrogen (secondary N) is 2. The number of aliphatic imine (C=N–C) groups is 1. The molecule has 26 heavy (non-hydrogen) atoms. The summed E-state index contributed by atoms with van der Waals surface area (Å²) in [5.74, 6) is 1.67. The minimum absolute atomic E-state index is 0.0400. The van der Waals surface area contributed by atoms with Gasteiger partial charge in [-0.25, -0.2) is 0 Å². The number of benzene rings is 1. The summed E-state index contributed by atoms with van der Waals surface area (Å²) >= 11 is 0. The zero-order valence-corrected chi connectivity index (χ0v) is 16.8. The molecule has 0 aliphatic heterocycles. The first-order valence-electron chi connectivity index (χ1n) is 9.07. The van der Waals surface area contributed by atoms with Gasteiger partial charge >= 0.3 is 0 Å². The lowest BCUT2D eigenvalue weighted by molar-refractivity contribution is 0.223. The Bertz CT molecular complexity index is 751. The van der Waals surface area contributed by atoms with E-state index in [4.69, 9.17) is 4.74 Å². The molecule has 6 nitrogen and oxygen atoms in total. The van der Waals surface area contributed by atoms with Crippen molar-refractivity contribution in [1.82, 2.24) is 20.4 Å². The Morgan fingerprint density at radius 3 is 2.65 bits per heavy atom. The molecule has 142 valence electrons. The zero-order chi connectivity index (χ0) is 19.1. The van der Waals surface area contributed by atoms with Crippen LogP contribution in [0.4, 0.5) is 0 Å². The summed E-state index contributed by atoms with van der Waals surface area (Å²) < 4.78 is 7.87. The highest BCUT2D eigenvalue weighted by molar-refractivity contribution is 5.79. The lowest BCUT2D eigenvalue weighted by Gasteiger charge is -2.18. The van der Waals surface area contributed by atoms with E-state index in [0.29, 0.717) is 6.54 Å². The third-order valence-corrected chi connectivity index (χ3v) is 4.43.